The van der Waals surface area contributed by atoms with Crippen LogP contribution in [0.1, 0.15) is 13.8 Å². The lowest BCUT2D eigenvalue weighted by Crippen LogP contribution is -1.92. The van der Waals surface area contributed by atoms with Crippen LogP contribution in [0.5, 0.6) is 0 Å². The summed E-state index contributed by atoms with van der Waals surface area (Å²) in [5, 5.41) is 7.35. The number of aliphatic hydroxyl groups is 1. The van der Waals surface area contributed by atoms with E-state index in [9.17, 15) is 0 Å². The first-order valence-corrected chi connectivity index (χ1v) is 1.72. The quantitative estimate of drug-likeness (QED) is 0.397. The molecule has 0 aliphatic rings. The predicted octanol–water partition coefficient (Wildman–Crippen LogP) is -0.0789. The summed E-state index contributed by atoms with van der Waals surface area (Å²) in [4.78, 5) is 0. The van der Waals surface area contributed by atoms with E-state index in [-0.39, 0.29) is 6.73 Å². The second kappa shape index (κ2) is 39.5. The van der Waals surface area contributed by atoms with Crippen LogP contribution in [0.3, 0.4) is 0 Å². The summed E-state index contributed by atoms with van der Waals surface area (Å²) in [6.07, 6.45) is 0. The summed E-state index contributed by atoms with van der Waals surface area (Å²) in [5.41, 5.74) is 4.40. The van der Waals surface area contributed by atoms with Crippen LogP contribution >= 0.6 is 0 Å². The fourth-order valence-electron chi connectivity index (χ4n) is 0. The average Bonchev–Trinajstić information content (AvgIpc) is 1.46. The van der Waals surface area contributed by atoms with Gasteiger partial charge in [0.1, 0.15) is 0 Å². The lowest BCUT2D eigenvalue weighted by atomic mass is 11.0. The Labute approximate surface area is 32.6 Å². The highest BCUT2D eigenvalue weighted by Gasteiger charge is 1.30. The van der Waals surface area contributed by atoms with Crippen molar-refractivity contribution in [3.05, 3.63) is 0 Å². The fraction of sp³-hybridized carbons (Fsp3) is 1.00. The van der Waals surface area contributed by atoms with E-state index >= 15 is 0 Å². The van der Waals surface area contributed by atoms with Crippen molar-refractivity contribution in [2.24, 2.45) is 5.73 Å². The van der Waals surface area contributed by atoms with Crippen molar-refractivity contribution in [3.8, 4) is 0 Å². The van der Waals surface area contributed by atoms with Crippen molar-refractivity contribution in [3.63, 3.8) is 0 Å². The molecule has 0 atom stereocenters. The van der Waals surface area contributed by atoms with E-state index in [2.05, 4.69) is 5.73 Å². The molecule has 0 radical (unpaired) electrons. The standard InChI is InChI=1S/C2H6.CH5NO/c1-2;2-1-3/h1-2H3;3H,1-2H2. The minimum Gasteiger partial charge on any atom is -0.382 e. The third kappa shape index (κ3) is 2260. The van der Waals surface area contributed by atoms with Gasteiger partial charge >= 0.3 is 0 Å². The number of aliphatic hydroxyl groups excluding tert-OH is 1. The van der Waals surface area contributed by atoms with Gasteiger partial charge in [-0.3, -0.25) is 0 Å². The molecule has 2 nitrogen and oxygen atoms in total. The van der Waals surface area contributed by atoms with E-state index < -0.39 is 0 Å². The molecule has 0 bridgehead atoms. The maximum Gasteiger partial charge on any atom is 0.0906 e. The number of hydrogen-bond acceptors (Lipinski definition) is 2. The summed E-state index contributed by atoms with van der Waals surface area (Å²) >= 11 is 0. The SMILES string of the molecule is CC.NCO. The van der Waals surface area contributed by atoms with Gasteiger partial charge in [0.05, 0.1) is 6.73 Å². The maximum absolute atomic E-state index is 7.35. The summed E-state index contributed by atoms with van der Waals surface area (Å²) in [5.74, 6) is 0. The van der Waals surface area contributed by atoms with Crippen LogP contribution in [0.15, 0.2) is 0 Å². The Morgan fingerprint density at radius 3 is 1.60 bits per heavy atom. The molecule has 0 aromatic rings. The van der Waals surface area contributed by atoms with Gasteiger partial charge in [-0.1, -0.05) is 13.8 Å². The van der Waals surface area contributed by atoms with E-state index in [4.69, 9.17) is 5.11 Å². The molecule has 0 aliphatic heterocycles. The van der Waals surface area contributed by atoms with E-state index in [0.717, 1.165) is 0 Å². The Morgan fingerprint density at radius 2 is 1.60 bits per heavy atom. The van der Waals surface area contributed by atoms with Crippen LogP contribution < -0.4 is 5.73 Å². The van der Waals surface area contributed by atoms with E-state index in [0.29, 0.717) is 0 Å². The van der Waals surface area contributed by atoms with Crippen LogP contribution in [0.4, 0.5) is 0 Å². The van der Waals surface area contributed by atoms with Crippen LogP contribution in [0.25, 0.3) is 0 Å². The third-order valence-corrected chi connectivity index (χ3v) is 0. The smallest absolute Gasteiger partial charge is 0.0906 e. The summed E-state index contributed by atoms with van der Waals surface area (Å²) < 4.78 is 0. The average molecular weight is 77.1 g/mol. The van der Waals surface area contributed by atoms with Gasteiger partial charge in [0, 0.05) is 0 Å². The lowest BCUT2D eigenvalue weighted by molar-refractivity contribution is 0.307. The molecular formula is C3H11NO. The second-order valence-electron chi connectivity index (χ2n) is 0.183. The van der Waals surface area contributed by atoms with Gasteiger partial charge in [-0.05, 0) is 0 Å². The molecule has 0 fully saturated rings. The first-order chi connectivity index (χ1) is 2.41. The summed E-state index contributed by atoms with van der Waals surface area (Å²) in [6.45, 7) is 3.75. The van der Waals surface area contributed by atoms with Gasteiger partial charge in [0.25, 0.3) is 0 Å². The van der Waals surface area contributed by atoms with E-state index in [1.807, 2.05) is 13.8 Å². The zero-order chi connectivity index (χ0) is 4.71. The van der Waals surface area contributed by atoms with Crippen LogP contribution in [0, 0.1) is 0 Å². The maximum atomic E-state index is 7.35. The van der Waals surface area contributed by atoms with E-state index in [1.165, 1.54) is 0 Å². The highest BCUT2D eigenvalue weighted by atomic mass is 16.3. The molecule has 0 rings (SSSR count). The minimum absolute atomic E-state index is 0.250. The first kappa shape index (κ1) is 8.87. The number of rotatable bonds is 0. The molecule has 0 unspecified atom stereocenters. The minimum atomic E-state index is -0.250. The van der Waals surface area contributed by atoms with Gasteiger partial charge < -0.3 is 10.8 Å². The molecule has 2 heteroatoms. The van der Waals surface area contributed by atoms with Crippen molar-refractivity contribution in [1.82, 2.24) is 0 Å². The van der Waals surface area contributed by atoms with Crippen LogP contribution in [0.2, 0.25) is 0 Å². The lowest BCUT2D eigenvalue weighted by Gasteiger charge is -1.56. The Balaban J connectivity index is 0. The molecule has 34 valence electrons. The predicted molar refractivity (Wildman–Crippen MR) is 22.6 cm³/mol. The van der Waals surface area contributed by atoms with Crippen molar-refractivity contribution in [2.75, 3.05) is 6.73 Å². The first-order valence-electron chi connectivity index (χ1n) is 1.72. The van der Waals surface area contributed by atoms with Gasteiger partial charge in [0.2, 0.25) is 0 Å². The molecule has 0 aromatic carbocycles. The molecule has 0 heterocycles. The van der Waals surface area contributed by atoms with Crippen molar-refractivity contribution >= 4 is 0 Å². The molecule has 0 saturated heterocycles. The van der Waals surface area contributed by atoms with Crippen molar-refractivity contribution in [2.45, 2.75) is 13.8 Å². The zero-order valence-electron chi connectivity index (χ0n) is 3.73. The van der Waals surface area contributed by atoms with E-state index in [1.54, 1.807) is 0 Å². The largest absolute Gasteiger partial charge is 0.382 e. The molecule has 3 N–H and O–H groups in total. The Kier molecular flexibility index (Phi) is 70.0. The summed E-state index contributed by atoms with van der Waals surface area (Å²) in [7, 11) is 0. The van der Waals surface area contributed by atoms with Crippen molar-refractivity contribution in [1.29, 1.82) is 0 Å². The fourth-order valence-corrected chi connectivity index (χ4v) is 0. The monoisotopic (exact) mass is 77.1 g/mol. The van der Waals surface area contributed by atoms with Gasteiger partial charge in [-0.2, -0.15) is 0 Å². The Hall–Kier alpha value is -0.0800. The number of hydrogen-bond donors (Lipinski definition) is 2. The highest BCUT2D eigenvalue weighted by molar-refractivity contribution is 3.76. The molecule has 0 saturated carbocycles. The third-order valence-electron chi connectivity index (χ3n) is 0. The topological polar surface area (TPSA) is 46.2 Å². The van der Waals surface area contributed by atoms with Crippen LogP contribution in [-0.4, -0.2) is 11.8 Å². The number of nitrogens with two attached hydrogens (primary N) is 1. The van der Waals surface area contributed by atoms with Gasteiger partial charge in [-0.25, -0.2) is 0 Å². The Morgan fingerprint density at radius 1 is 1.60 bits per heavy atom. The summed E-state index contributed by atoms with van der Waals surface area (Å²) in [6, 6.07) is 0. The molecular weight excluding hydrogens is 66.0 g/mol. The zero-order valence-corrected chi connectivity index (χ0v) is 3.73. The molecule has 0 spiro atoms. The molecule has 0 aromatic heterocycles. The Bertz CT molecular complexity index is 6.85. The van der Waals surface area contributed by atoms with Gasteiger partial charge in [-0.15, -0.1) is 0 Å². The van der Waals surface area contributed by atoms with Gasteiger partial charge in [0.15, 0.2) is 0 Å². The van der Waals surface area contributed by atoms with Crippen molar-refractivity contribution < 1.29 is 5.11 Å². The molecule has 0 aliphatic carbocycles. The molecule has 0 amide bonds. The highest BCUT2D eigenvalue weighted by Crippen LogP contribution is 1.14. The second-order valence-corrected chi connectivity index (χ2v) is 0.183. The molecule has 5 heavy (non-hydrogen) atoms. The van der Waals surface area contributed by atoms with Crippen LogP contribution in [-0.2, 0) is 0 Å². The normalized spacial score (nSPS) is 4.80.